The minimum atomic E-state index is -0.105. The van der Waals surface area contributed by atoms with E-state index < -0.39 is 0 Å². The van der Waals surface area contributed by atoms with E-state index in [1.807, 2.05) is 78.7 Å². The van der Waals surface area contributed by atoms with Crippen LogP contribution in [0.1, 0.15) is 34.8 Å². The molecule has 0 saturated carbocycles. The monoisotopic (exact) mass is 453 g/mol. The highest BCUT2D eigenvalue weighted by molar-refractivity contribution is 5.96. The Bertz CT molecular complexity index is 1220. The molecule has 1 aromatic heterocycles. The fourth-order valence-electron chi connectivity index (χ4n) is 4.24. The van der Waals surface area contributed by atoms with Crippen molar-refractivity contribution in [2.24, 2.45) is 0 Å². The molecule has 0 aliphatic rings. The Labute approximate surface area is 201 Å². The lowest BCUT2D eigenvalue weighted by atomic mass is 10.1. The van der Waals surface area contributed by atoms with Gasteiger partial charge in [0, 0.05) is 42.3 Å². The molecule has 1 heterocycles. The number of para-hydroxylation sites is 1. The number of benzene rings is 3. The van der Waals surface area contributed by atoms with Gasteiger partial charge in [0.1, 0.15) is 6.54 Å². The number of carbonyl (C=O) groups is 2. The highest BCUT2D eigenvalue weighted by Gasteiger charge is 2.22. The molecule has 0 saturated heterocycles. The molecular formula is C29H31N3O2. The van der Waals surface area contributed by atoms with E-state index in [-0.39, 0.29) is 18.4 Å². The molecular weight excluding hydrogens is 422 g/mol. The van der Waals surface area contributed by atoms with E-state index in [4.69, 9.17) is 0 Å². The van der Waals surface area contributed by atoms with Gasteiger partial charge in [0.2, 0.25) is 5.91 Å². The van der Waals surface area contributed by atoms with Crippen LogP contribution in [0.25, 0.3) is 10.9 Å². The predicted molar refractivity (Wildman–Crippen MR) is 136 cm³/mol. The number of rotatable bonds is 10. The van der Waals surface area contributed by atoms with Crippen LogP contribution < -0.4 is 0 Å². The molecule has 0 spiro atoms. The van der Waals surface area contributed by atoms with Crippen molar-refractivity contribution in [2.45, 2.75) is 26.3 Å². The number of fused-ring (bicyclic) bond motifs is 1. The van der Waals surface area contributed by atoms with Gasteiger partial charge in [-0.25, -0.2) is 0 Å². The summed E-state index contributed by atoms with van der Waals surface area (Å²) in [6, 6.07) is 27.4. The molecule has 0 aliphatic heterocycles. The first kappa shape index (κ1) is 23.3. The van der Waals surface area contributed by atoms with E-state index in [1.54, 1.807) is 17.0 Å². The molecule has 4 rings (SSSR count). The number of H-pyrrole nitrogens is 1. The number of aromatic amines is 1. The largest absolute Gasteiger partial charge is 0.361 e. The van der Waals surface area contributed by atoms with E-state index in [2.05, 4.69) is 17.1 Å². The van der Waals surface area contributed by atoms with Crippen molar-refractivity contribution < 1.29 is 9.59 Å². The molecule has 0 bridgehead atoms. The van der Waals surface area contributed by atoms with Crippen molar-refractivity contribution in [1.29, 1.82) is 0 Å². The summed E-state index contributed by atoms with van der Waals surface area (Å²) in [7, 11) is 0. The van der Waals surface area contributed by atoms with Crippen LogP contribution in [0.4, 0.5) is 0 Å². The first-order valence-corrected chi connectivity index (χ1v) is 11.9. The standard InChI is InChI=1S/C29H31N3O2/c1-2-18-32(29(34)24-13-7-4-8-14-24)22-28(33)31(21-23-11-5-3-6-12-23)19-17-25-20-30-27-16-10-9-15-26(25)27/h3-16,20,30H,2,17-19,21-22H2,1H3. The smallest absolute Gasteiger partial charge is 0.254 e. The molecule has 0 atom stereocenters. The van der Waals surface area contributed by atoms with Gasteiger partial charge in [0.15, 0.2) is 0 Å². The summed E-state index contributed by atoms with van der Waals surface area (Å²) in [5.41, 5.74) is 3.97. The zero-order valence-electron chi connectivity index (χ0n) is 19.6. The molecule has 0 aliphatic carbocycles. The van der Waals surface area contributed by atoms with E-state index in [1.165, 1.54) is 10.9 Å². The van der Waals surface area contributed by atoms with Gasteiger partial charge in [-0.2, -0.15) is 0 Å². The van der Waals surface area contributed by atoms with Crippen LogP contribution in [-0.4, -0.2) is 46.2 Å². The van der Waals surface area contributed by atoms with E-state index >= 15 is 0 Å². The van der Waals surface area contributed by atoms with Crippen molar-refractivity contribution in [1.82, 2.24) is 14.8 Å². The second kappa shape index (κ2) is 11.3. The molecule has 4 aromatic rings. The summed E-state index contributed by atoms with van der Waals surface area (Å²) in [5, 5.41) is 1.18. The van der Waals surface area contributed by atoms with Crippen molar-refractivity contribution >= 4 is 22.7 Å². The lowest BCUT2D eigenvalue weighted by molar-refractivity contribution is -0.132. The van der Waals surface area contributed by atoms with Gasteiger partial charge in [-0.15, -0.1) is 0 Å². The molecule has 0 fully saturated rings. The number of hydrogen-bond acceptors (Lipinski definition) is 2. The van der Waals surface area contributed by atoms with E-state index in [0.717, 1.165) is 23.9 Å². The third-order valence-corrected chi connectivity index (χ3v) is 6.02. The van der Waals surface area contributed by atoms with Gasteiger partial charge in [0.25, 0.3) is 5.91 Å². The first-order chi connectivity index (χ1) is 16.7. The maximum Gasteiger partial charge on any atom is 0.254 e. The number of amides is 2. The van der Waals surface area contributed by atoms with Gasteiger partial charge in [-0.1, -0.05) is 73.7 Å². The number of hydrogen-bond donors (Lipinski definition) is 1. The fraction of sp³-hybridized carbons (Fsp3) is 0.241. The molecule has 0 unspecified atom stereocenters. The van der Waals surface area contributed by atoms with Crippen molar-refractivity contribution in [2.75, 3.05) is 19.6 Å². The number of carbonyl (C=O) groups excluding carboxylic acids is 2. The Hall–Kier alpha value is -3.86. The Balaban J connectivity index is 1.51. The third-order valence-electron chi connectivity index (χ3n) is 6.02. The third kappa shape index (κ3) is 5.73. The first-order valence-electron chi connectivity index (χ1n) is 11.9. The van der Waals surface area contributed by atoms with Crippen LogP contribution in [0.2, 0.25) is 0 Å². The zero-order chi connectivity index (χ0) is 23.8. The van der Waals surface area contributed by atoms with E-state index in [0.29, 0.717) is 25.2 Å². The minimum absolute atomic E-state index is 0.0403. The number of nitrogens with one attached hydrogen (secondary N) is 1. The van der Waals surface area contributed by atoms with Crippen LogP contribution in [0.5, 0.6) is 0 Å². The number of nitrogens with zero attached hydrogens (tertiary/aromatic N) is 2. The van der Waals surface area contributed by atoms with Crippen molar-refractivity contribution in [3.8, 4) is 0 Å². The van der Waals surface area contributed by atoms with Crippen LogP contribution in [-0.2, 0) is 17.8 Å². The van der Waals surface area contributed by atoms with Gasteiger partial charge in [-0.3, -0.25) is 9.59 Å². The molecule has 174 valence electrons. The lowest BCUT2D eigenvalue weighted by Crippen LogP contribution is -2.43. The Morgan fingerprint density at radius 2 is 1.47 bits per heavy atom. The molecule has 1 N–H and O–H groups in total. The minimum Gasteiger partial charge on any atom is -0.361 e. The van der Waals surface area contributed by atoms with Crippen LogP contribution >= 0.6 is 0 Å². The lowest BCUT2D eigenvalue weighted by Gasteiger charge is -2.28. The van der Waals surface area contributed by atoms with Crippen LogP contribution in [0.3, 0.4) is 0 Å². The molecule has 34 heavy (non-hydrogen) atoms. The Morgan fingerprint density at radius 3 is 2.21 bits per heavy atom. The van der Waals surface area contributed by atoms with Gasteiger partial charge in [0.05, 0.1) is 0 Å². The highest BCUT2D eigenvalue weighted by atomic mass is 16.2. The predicted octanol–water partition coefficient (Wildman–Crippen LogP) is 5.29. The number of aromatic nitrogens is 1. The maximum absolute atomic E-state index is 13.5. The van der Waals surface area contributed by atoms with Crippen molar-refractivity contribution in [3.63, 3.8) is 0 Å². The summed E-state index contributed by atoms with van der Waals surface area (Å²) in [4.78, 5) is 33.5. The molecule has 5 heteroatoms. The summed E-state index contributed by atoms with van der Waals surface area (Å²) < 4.78 is 0. The SMILES string of the molecule is CCCN(CC(=O)N(CCc1c[nH]c2ccccc12)Cc1ccccc1)C(=O)c1ccccc1. The zero-order valence-corrected chi connectivity index (χ0v) is 19.6. The topological polar surface area (TPSA) is 56.4 Å². The molecule has 3 aromatic carbocycles. The summed E-state index contributed by atoms with van der Waals surface area (Å²) in [6.07, 6.45) is 3.56. The normalized spacial score (nSPS) is 10.9. The second-order valence-electron chi connectivity index (χ2n) is 8.50. The van der Waals surface area contributed by atoms with Crippen molar-refractivity contribution in [3.05, 3.63) is 108 Å². The average molecular weight is 454 g/mol. The van der Waals surface area contributed by atoms with Crippen LogP contribution in [0.15, 0.2) is 91.1 Å². The average Bonchev–Trinajstić information content (AvgIpc) is 3.30. The van der Waals surface area contributed by atoms with Gasteiger partial charge < -0.3 is 14.8 Å². The fourth-order valence-corrected chi connectivity index (χ4v) is 4.24. The Morgan fingerprint density at radius 1 is 0.794 bits per heavy atom. The summed E-state index contributed by atoms with van der Waals surface area (Å²) in [6.45, 7) is 3.73. The Kier molecular flexibility index (Phi) is 7.76. The quantitative estimate of drug-likeness (QED) is 0.355. The highest BCUT2D eigenvalue weighted by Crippen LogP contribution is 2.19. The summed E-state index contributed by atoms with van der Waals surface area (Å²) in [5.74, 6) is -0.145. The molecule has 5 nitrogen and oxygen atoms in total. The van der Waals surface area contributed by atoms with Gasteiger partial charge >= 0.3 is 0 Å². The van der Waals surface area contributed by atoms with Crippen LogP contribution in [0, 0.1) is 0 Å². The molecule has 0 radical (unpaired) electrons. The van der Waals surface area contributed by atoms with E-state index in [9.17, 15) is 9.59 Å². The van der Waals surface area contributed by atoms with Gasteiger partial charge in [-0.05, 0) is 42.2 Å². The second-order valence-corrected chi connectivity index (χ2v) is 8.50. The molecule has 2 amide bonds. The summed E-state index contributed by atoms with van der Waals surface area (Å²) >= 11 is 0. The maximum atomic E-state index is 13.5.